The highest BCUT2D eigenvalue weighted by Gasteiger charge is 2.35. The molecule has 0 bridgehead atoms. The van der Waals surface area contributed by atoms with E-state index >= 15 is 0 Å². The Morgan fingerprint density at radius 1 is 1.35 bits per heavy atom. The van der Waals surface area contributed by atoms with Gasteiger partial charge in [0.2, 0.25) is 5.91 Å². The van der Waals surface area contributed by atoms with Gasteiger partial charge in [0, 0.05) is 18.8 Å². The summed E-state index contributed by atoms with van der Waals surface area (Å²) in [6.45, 7) is 5.68. The van der Waals surface area contributed by atoms with Gasteiger partial charge < -0.3 is 15.2 Å². The SMILES string of the molecule is CC/C=C\CC1C(=O)CC[C@@H]1CC(=O)N[C@H](C(=O)[O-])[C@@H](C)CC. The molecule has 0 aromatic heterocycles. The van der Waals surface area contributed by atoms with Crippen molar-refractivity contribution in [2.24, 2.45) is 17.8 Å². The first-order valence-corrected chi connectivity index (χ1v) is 8.58. The van der Waals surface area contributed by atoms with E-state index in [-0.39, 0.29) is 35.9 Å². The molecule has 0 aromatic carbocycles. The Morgan fingerprint density at radius 2 is 2.04 bits per heavy atom. The fraction of sp³-hybridized carbons (Fsp3) is 0.722. The van der Waals surface area contributed by atoms with E-state index in [2.05, 4.69) is 5.32 Å². The van der Waals surface area contributed by atoms with Crippen LogP contribution in [0.3, 0.4) is 0 Å². The Hall–Kier alpha value is -1.65. The number of hydrogen-bond donors (Lipinski definition) is 1. The summed E-state index contributed by atoms with van der Waals surface area (Å²) in [5.41, 5.74) is 0. The van der Waals surface area contributed by atoms with Crippen molar-refractivity contribution >= 4 is 17.7 Å². The maximum Gasteiger partial charge on any atom is 0.220 e. The van der Waals surface area contributed by atoms with E-state index in [1.165, 1.54) is 0 Å². The third-order valence-electron chi connectivity index (χ3n) is 4.77. The summed E-state index contributed by atoms with van der Waals surface area (Å²) in [6.07, 6.45) is 7.68. The highest BCUT2D eigenvalue weighted by atomic mass is 16.4. The molecule has 0 spiro atoms. The lowest BCUT2D eigenvalue weighted by Gasteiger charge is -2.26. The van der Waals surface area contributed by atoms with Crippen molar-refractivity contribution in [2.45, 2.75) is 65.3 Å². The highest BCUT2D eigenvalue weighted by molar-refractivity contribution is 5.86. The van der Waals surface area contributed by atoms with E-state index in [1.54, 1.807) is 6.92 Å². The lowest BCUT2D eigenvalue weighted by molar-refractivity contribution is -0.309. The second-order valence-corrected chi connectivity index (χ2v) is 6.44. The van der Waals surface area contributed by atoms with Crippen molar-refractivity contribution in [1.82, 2.24) is 5.32 Å². The number of rotatable bonds is 9. The largest absolute Gasteiger partial charge is 0.548 e. The van der Waals surface area contributed by atoms with Gasteiger partial charge in [-0.3, -0.25) is 9.59 Å². The molecule has 1 fully saturated rings. The van der Waals surface area contributed by atoms with Crippen molar-refractivity contribution in [1.29, 1.82) is 0 Å². The smallest absolute Gasteiger partial charge is 0.220 e. The summed E-state index contributed by atoms with van der Waals surface area (Å²) in [5, 5.41) is 13.7. The lowest BCUT2D eigenvalue weighted by Crippen LogP contribution is -2.51. The number of allylic oxidation sites excluding steroid dienone is 2. The molecule has 1 aliphatic carbocycles. The molecule has 1 rings (SSSR count). The van der Waals surface area contributed by atoms with E-state index in [9.17, 15) is 19.5 Å². The number of nitrogens with one attached hydrogen (secondary N) is 1. The van der Waals surface area contributed by atoms with Crippen LogP contribution in [-0.4, -0.2) is 23.7 Å². The van der Waals surface area contributed by atoms with Crippen LogP contribution in [0.1, 0.15) is 59.3 Å². The predicted molar refractivity (Wildman–Crippen MR) is 86.3 cm³/mol. The van der Waals surface area contributed by atoms with Crippen molar-refractivity contribution < 1.29 is 19.5 Å². The molecule has 0 aromatic rings. The number of amides is 1. The van der Waals surface area contributed by atoms with Gasteiger partial charge in [-0.05, 0) is 31.1 Å². The van der Waals surface area contributed by atoms with Gasteiger partial charge in [-0.1, -0.05) is 39.3 Å². The zero-order valence-corrected chi connectivity index (χ0v) is 14.3. The zero-order valence-electron chi connectivity index (χ0n) is 14.3. The van der Waals surface area contributed by atoms with Crippen molar-refractivity contribution in [3.05, 3.63) is 12.2 Å². The fourth-order valence-corrected chi connectivity index (χ4v) is 3.09. The molecule has 0 aliphatic heterocycles. The Labute approximate surface area is 138 Å². The first-order chi connectivity index (χ1) is 10.9. The van der Waals surface area contributed by atoms with Crippen molar-refractivity contribution in [3.63, 3.8) is 0 Å². The third-order valence-corrected chi connectivity index (χ3v) is 4.77. The monoisotopic (exact) mass is 322 g/mol. The van der Waals surface area contributed by atoms with Crippen LogP contribution in [0.4, 0.5) is 0 Å². The quantitative estimate of drug-likeness (QED) is 0.653. The number of ketones is 1. The van der Waals surface area contributed by atoms with E-state index in [1.807, 2.05) is 26.0 Å². The van der Waals surface area contributed by atoms with E-state index in [0.717, 1.165) is 6.42 Å². The molecule has 5 nitrogen and oxygen atoms in total. The molecule has 1 unspecified atom stereocenters. The standard InChI is InChI=1S/C18H29NO4/c1-4-6-7-8-14-13(9-10-15(14)20)11-16(21)19-17(18(22)23)12(3)5-2/h6-7,12-14,17H,4-5,8-11H2,1-3H3,(H,19,21)(H,22,23)/p-1/b7-6-/t12-,13+,14?,17-/m0/s1. The molecular formula is C18H28NO4-. The predicted octanol–water partition coefficient (Wildman–Crippen LogP) is 1.61. The van der Waals surface area contributed by atoms with Gasteiger partial charge >= 0.3 is 0 Å². The van der Waals surface area contributed by atoms with Crippen molar-refractivity contribution in [3.8, 4) is 0 Å². The number of Topliss-reactive ketones (excluding diaryl/α,β-unsaturated/α-hetero) is 1. The van der Waals surface area contributed by atoms with Crippen LogP contribution in [0.2, 0.25) is 0 Å². The van der Waals surface area contributed by atoms with Gasteiger partial charge in [0.25, 0.3) is 0 Å². The zero-order chi connectivity index (χ0) is 17.4. The van der Waals surface area contributed by atoms with Crippen molar-refractivity contribution in [2.75, 3.05) is 0 Å². The fourth-order valence-electron chi connectivity index (χ4n) is 3.09. The Bertz CT molecular complexity index is 458. The van der Waals surface area contributed by atoms with Crippen LogP contribution in [-0.2, 0) is 14.4 Å². The van der Waals surface area contributed by atoms with Gasteiger partial charge in [0.05, 0.1) is 12.0 Å². The molecule has 1 N–H and O–H groups in total. The number of carboxylic acid groups (broad SMARTS) is 1. The molecule has 5 heteroatoms. The van der Waals surface area contributed by atoms with Gasteiger partial charge in [-0.15, -0.1) is 0 Å². The number of carbonyl (C=O) groups excluding carboxylic acids is 3. The summed E-state index contributed by atoms with van der Waals surface area (Å²) < 4.78 is 0. The number of hydrogen-bond acceptors (Lipinski definition) is 4. The lowest BCUT2D eigenvalue weighted by atomic mass is 9.89. The molecule has 0 heterocycles. The molecule has 1 saturated carbocycles. The first kappa shape index (κ1) is 19.4. The topological polar surface area (TPSA) is 86.3 Å². The number of aliphatic carboxylic acids is 1. The summed E-state index contributed by atoms with van der Waals surface area (Å²) in [4.78, 5) is 35.3. The molecule has 1 amide bonds. The molecule has 1 aliphatic rings. The van der Waals surface area contributed by atoms with Crippen LogP contribution < -0.4 is 10.4 Å². The first-order valence-electron chi connectivity index (χ1n) is 8.58. The summed E-state index contributed by atoms with van der Waals surface area (Å²) in [7, 11) is 0. The number of carboxylic acids is 1. The van der Waals surface area contributed by atoms with E-state index in [4.69, 9.17) is 0 Å². The minimum Gasteiger partial charge on any atom is -0.548 e. The van der Waals surface area contributed by atoms with E-state index < -0.39 is 12.0 Å². The summed E-state index contributed by atoms with van der Waals surface area (Å²) in [5.74, 6) is -1.64. The highest BCUT2D eigenvalue weighted by Crippen LogP contribution is 2.34. The van der Waals surface area contributed by atoms with Crippen LogP contribution >= 0.6 is 0 Å². The maximum atomic E-state index is 12.2. The molecule has 4 atom stereocenters. The van der Waals surface area contributed by atoms with Crippen LogP contribution in [0.25, 0.3) is 0 Å². The minimum absolute atomic E-state index is 0.00310. The summed E-state index contributed by atoms with van der Waals surface area (Å²) in [6, 6.07) is -0.969. The Morgan fingerprint density at radius 3 is 2.61 bits per heavy atom. The van der Waals surface area contributed by atoms with Crippen LogP contribution in [0, 0.1) is 17.8 Å². The van der Waals surface area contributed by atoms with Gasteiger partial charge in [-0.2, -0.15) is 0 Å². The Balaban J connectivity index is 2.62. The molecule has 0 radical (unpaired) electrons. The second-order valence-electron chi connectivity index (χ2n) is 6.44. The average molecular weight is 322 g/mol. The number of carbonyl (C=O) groups is 3. The van der Waals surface area contributed by atoms with Crippen LogP contribution in [0.15, 0.2) is 12.2 Å². The maximum absolute atomic E-state index is 12.2. The molecule has 130 valence electrons. The van der Waals surface area contributed by atoms with Gasteiger partial charge in [-0.25, -0.2) is 0 Å². The van der Waals surface area contributed by atoms with Crippen LogP contribution in [0.5, 0.6) is 0 Å². The van der Waals surface area contributed by atoms with Gasteiger partial charge in [0.1, 0.15) is 5.78 Å². The Kier molecular flexibility index (Phi) is 8.00. The third kappa shape index (κ3) is 5.81. The summed E-state index contributed by atoms with van der Waals surface area (Å²) >= 11 is 0. The normalized spacial score (nSPS) is 23.9. The van der Waals surface area contributed by atoms with E-state index in [0.29, 0.717) is 25.7 Å². The second kappa shape index (κ2) is 9.48. The average Bonchev–Trinajstić information content (AvgIpc) is 2.84. The minimum atomic E-state index is -1.25. The molecule has 23 heavy (non-hydrogen) atoms. The van der Waals surface area contributed by atoms with Gasteiger partial charge in [0.15, 0.2) is 0 Å². The molecular weight excluding hydrogens is 294 g/mol. The molecule has 0 saturated heterocycles.